The van der Waals surface area contributed by atoms with Gasteiger partial charge in [0.1, 0.15) is 0 Å². The van der Waals surface area contributed by atoms with E-state index in [-0.39, 0.29) is 0 Å². The SMILES string of the molecule is CC(C)NC[C@H](C)N(C)C. The molecule has 1 atom stereocenters. The van der Waals surface area contributed by atoms with E-state index >= 15 is 0 Å². The van der Waals surface area contributed by atoms with Crippen molar-refractivity contribution in [3.8, 4) is 0 Å². The highest BCUT2D eigenvalue weighted by Crippen LogP contribution is 1.89. The van der Waals surface area contributed by atoms with E-state index < -0.39 is 0 Å². The molecular formula is C8H20N2. The molecule has 0 aliphatic carbocycles. The summed E-state index contributed by atoms with van der Waals surface area (Å²) in [6, 6.07) is 1.23. The van der Waals surface area contributed by atoms with Gasteiger partial charge in [0, 0.05) is 18.6 Å². The average molecular weight is 144 g/mol. The Balaban J connectivity index is 3.30. The zero-order valence-electron chi connectivity index (χ0n) is 7.81. The van der Waals surface area contributed by atoms with Gasteiger partial charge in [-0.3, -0.25) is 0 Å². The molecule has 0 aromatic heterocycles. The van der Waals surface area contributed by atoms with Crippen LogP contribution in [0.15, 0.2) is 0 Å². The smallest absolute Gasteiger partial charge is 0.0186 e. The molecule has 0 rings (SSSR count). The highest BCUT2D eigenvalue weighted by molar-refractivity contribution is 4.64. The van der Waals surface area contributed by atoms with Gasteiger partial charge in [-0.1, -0.05) is 13.8 Å². The van der Waals surface area contributed by atoms with Crippen molar-refractivity contribution in [1.29, 1.82) is 0 Å². The summed E-state index contributed by atoms with van der Waals surface area (Å²) in [6.07, 6.45) is 0. The van der Waals surface area contributed by atoms with Crippen molar-refractivity contribution in [2.24, 2.45) is 0 Å². The molecule has 62 valence electrons. The number of nitrogens with zero attached hydrogens (tertiary/aromatic N) is 1. The van der Waals surface area contributed by atoms with E-state index in [1.54, 1.807) is 0 Å². The topological polar surface area (TPSA) is 15.3 Å². The number of nitrogens with one attached hydrogen (secondary N) is 1. The summed E-state index contributed by atoms with van der Waals surface area (Å²) >= 11 is 0. The zero-order valence-corrected chi connectivity index (χ0v) is 7.81. The van der Waals surface area contributed by atoms with E-state index in [2.05, 4.69) is 45.1 Å². The third-order valence-corrected chi connectivity index (χ3v) is 1.70. The Bertz CT molecular complexity index is 79.3. The van der Waals surface area contributed by atoms with E-state index in [0.29, 0.717) is 12.1 Å². The van der Waals surface area contributed by atoms with E-state index in [1.165, 1.54) is 0 Å². The average Bonchev–Trinajstić information content (AvgIpc) is 1.82. The minimum absolute atomic E-state index is 0.599. The van der Waals surface area contributed by atoms with E-state index in [9.17, 15) is 0 Å². The number of hydrogen-bond donors (Lipinski definition) is 1. The van der Waals surface area contributed by atoms with Gasteiger partial charge in [-0.2, -0.15) is 0 Å². The van der Waals surface area contributed by atoms with Crippen molar-refractivity contribution in [2.45, 2.75) is 32.9 Å². The van der Waals surface area contributed by atoms with Crippen molar-refractivity contribution in [1.82, 2.24) is 10.2 Å². The van der Waals surface area contributed by atoms with Crippen LogP contribution in [0.2, 0.25) is 0 Å². The van der Waals surface area contributed by atoms with Crippen LogP contribution in [0, 0.1) is 0 Å². The molecule has 2 nitrogen and oxygen atoms in total. The van der Waals surface area contributed by atoms with Gasteiger partial charge in [0.25, 0.3) is 0 Å². The molecule has 2 heteroatoms. The molecule has 0 aromatic carbocycles. The predicted molar refractivity (Wildman–Crippen MR) is 46.3 cm³/mol. The third-order valence-electron chi connectivity index (χ3n) is 1.70. The second-order valence-electron chi connectivity index (χ2n) is 3.38. The van der Waals surface area contributed by atoms with Crippen molar-refractivity contribution in [3.63, 3.8) is 0 Å². The maximum absolute atomic E-state index is 3.38. The monoisotopic (exact) mass is 144 g/mol. The molecule has 0 aliphatic heterocycles. The number of rotatable bonds is 4. The molecule has 0 radical (unpaired) electrons. The first-order chi connectivity index (χ1) is 4.54. The molecule has 0 amide bonds. The van der Waals surface area contributed by atoms with Crippen LogP contribution in [-0.4, -0.2) is 37.6 Å². The second kappa shape index (κ2) is 4.69. The van der Waals surface area contributed by atoms with Crippen LogP contribution in [0.3, 0.4) is 0 Å². The molecule has 0 heterocycles. The van der Waals surface area contributed by atoms with Crippen LogP contribution in [0.5, 0.6) is 0 Å². The summed E-state index contributed by atoms with van der Waals surface area (Å²) < 4.78 is 0. The van der Waals surface area contributed by atoms with Gasteiger partial charge in [-0.25, -0.2) is 0 Å². The number of likely N-dealkylation sites (N-methyl/N-ethyl adjacent to an activating group) is 1. The first kappa shape index (κ1) is 9.92. The highest BCUT2D eigenvalue weighted by atomic mass is 15.1. The van der Waals surface area contributed by atoms with Crippen LogP contribution in [-0.2, 0) is 0 Å². The van der Waals surface area contributed by atoms with E-state index in [0.717, 1.165) is 6.54 Å². The van der Waals surface area contributed by atoms with Crippen molar-refractivity contribution < 1.29 is 0 Å². The van der Waals surface area contributed by atoms with Gasteiger partial charge < -0.3 is 10.2 Å². The Morgan fingerprint density at radius 3 is 2.00 bits per heavy atom. The molecule has 0 bridgehead atoms. The molecule has 1 N–H and O–H groups in total. The maximum Gasteiger partial charge on any atom is 0.0186 e. The lowest BCUT2D eigenvalue weighted by molar-refractivity contribution is 0.297. The predicted octanol–water partition coefficient (Wildman–Crippen LogP) is 0.934. The molecule has 0 unspecified atom stereocenters. The molecule has 0 saturated heterocycles. The van der Waals surface area contributed by atoms with Crippen molar-refractivity contribution in [2.75, 3.05) is 20.6 Å². The first-order valence-corrected chi connectivity index (χ1v) is 3.94. The van der Waals surface area contributed by atoms with Crippen LogP contribution in [0.4, 0.5) is 0 Å². The molecule has 0 fully saturated rings. The molecule has 0 aromatic rings. The summed E-state index contributed by atoms with van der Waals surface area (Å²) in [5.74, 6) is 0. The summed E-state index contributed by atoms with van der Waals surface area (Å²) in [6.45, 7) is 7.63. The van der Waals surface area contributed by atoms with Crippen LogP contribution in [0.1, 0.15) is 20.8 Å². The fourth-order valence-corrected chi connectivity index (χ4v) is 0.589. The Morgan fingerprint density at radius 1 is 1.20 bits per heavy atom. The van der Waals surface area contributed by atoms with Gasteiger partial charge >= 0.3 is 0 Å². The molecule has 0 spiro atoms. The lowest BCUT2D eigenvalue weighted by atomic mass is 10.3. The molecule has 10 heavy (non-hydrogen) atoms. The van der Waals surface area contributed by atoms with Crippen LogP contribution >= 0.6 is 0 Å². The van der Waals surface area contributed by atoms with Gasteiger partial charge in [0.2, 0.25) is 0 Å². The molecular weight excluding hydrogens is 124 g/mol. The lowest BCUT2D eigenvalue weighted by Crippen LogP contribution is -2.38. The Morgan fingerprint density at radius 2 is 1.70 bits per heavy atom. The van der Waals surface area contributed by atoms with Gasteiger partial charge in [0.15, 0.2) is 0 Å². The summed E-state index contributed by atoms with van der Waals surface area (Å²) in [4.78, 5) is 2.22. The largest absolute Gasteiger partial charge is 0.313 e. The molecule has 0 aliphatic rings. The Labute approximate surface area is 64.6 Å². The van der Waals surface area contributed by atoms with E-state index in [1.807, 2.05) is 0 Å². The van der Waals surface area contributed by atoms with E-state index in [4.69, 9.17) is 0 Å². The third kappa shape index (κ3) is 4.77. The fourth-order valence-electron chi connectivity index (χ4n) is 0.589. The van der Waals surface area contributed by atoms with Gasteiger partial charge in [-0.15, -0.1) is 0 Å². The first-order valence-electron chi connectivity index (χ1n) is 3.94. The van der Waals surface area contributed by atoms with Crippen LogP contribution < -0.4 is 5.32 Å². The Hall–Kier alpha value is -0.0800. The van der Waals surface area contributed by atoms with Crippen molar-refractivity contribution in [3.05, 3.63) is 0 Å². The zero-order chi connectivity index (χ0) is 8.15. The van der Waals surface area contributed by atoms with Crippen LogP contribution in [0.25, 0.3) is 0 Å². The normalized spacial score (nSPS) is 14.7. The van der Waals surface area contributed by atoms with Gasteiger partial charge in [0.05, 0.1) is 0 Å². The fraction of sp³-hybridized carbons (Fsp3) is 1.00. The highest BCUT2D eigenvalue weighted by Gasteiger charge is 2.03. The second-order valence-corrected chi connectivity index (χ2v) is 3.38. The number of hydrogen-bond acceptors (Lipinski definition) is 2. The Kier molecular flexibility index (Phi) is 4.65. The summed E-state index contributed by atoms with van der Waals surface area (Å²) in [5, 5.41) is 3.38. The summed E-state index contributed by atoms with van der Waals surface area (Å²) in [7, 11) is 4.21. The minimum atomic E-state index is 0.599. The molecule has 0 saturated carbocycles. The summed E-state index contributed by atoms with van der Waals surface area (Å²) in [5.41, 5.74) is 0. The van der Waals surface area contributed by atoms with Crippen molar-refractivity contribution >= 4 is 0 Å². The minimum Gasteiger partial charge on any atom is -0.313 e. The quantitative estimate of drug-likeness (QED) is 0.631. The van der Waals surface area contributed by atoms with Gasteiger partial charge in [-0.05, 0) is 21.0 Å². The standard InChI is InChI=1S/C8H20N2/c1-7(2)9-6-8(3)10(4)5/h7-9H,6H2,1-5H3/t8-/m0/s1. The maximum atomic E-state index is 3.38. The lowest BCUT2D eigenvalue weighted by Gasteiger charge is -2.21.